The first-order valence-corrected chi connectivity index (χ1v) is 10.1. The minimum atomic E-state index is -0.305. The molecule has 1 aromatic heterocycles. The smallest absolute Gasteiger partial charge is 0.233 e. The van der Waals surface area contributed by atoms with Gasteiger partial charge in [0.05, 0.1) is 13.0 Å². The van der Waals surface area contributed by atoms with Crippen molar-refractivity contribution in [3.63, 3.8) is 0 Å². The Balaban J connectivity index is 0.00000256. The number of carbonyl (C=O) groups excluding carboxylic acids is 1. The largest absolute Gasteiger partial charge is 0.497 e. The van der Waals surface area contributed by atoms with Gasteiger partial charge in [-0.05, 0) is 61.3 Å². The number of fused-ring (bicyclic) bond motifs is 1. The molecule has 1 atom stereocenters. The van der Waals surface area contributed by atoms with Gasteiger partial charge < -0.3 is 10.1 Å². The van der Waals surface area contributed by atoms with Gasteiger partial charge in [0.1, 0.15) is 5.75 Å². The van der Waals surface area contributed by atoms with E-state index in [9.17, 15) is 4.79 Å². The van der Waals surface area contributed by atoms with Crippen molar-refractivity contribution in [3.05, 3.63) is 47.8 Å². The van der Waals surface area contributed by atoms with Crippen LogP contribution in [0.5, 0.6) is 5.75 Å². The number of ether oxygens (including phenoxy) is 1. The average Bonchev–Trinajstić information content (AvgIpc) is 3.13. The van der Waals surface area contributed by atoms with Crippen molar-refractivity contribution >= 4 is 35.0 Å². The third kappa shape index (κ3) is 4.57. The Hall–Kier alpha value is -2.64. The summed E-state index contributed by atoms with van der Waals surface area (Å²) in [5.74, 6) is 2.09. The van der Waals surface area contributed by atoms with Gasteiger partial charge in [0.15, 0.2) is 5.82 Å². The summed E-state index contributed by atoms with van der Waals surface area (Å²) < 4.78 is 6.94. The molecule has 3 aromatic rings. The van der Waals surface area contributed by atoms with Gasteiger partial charge >= 0.3 is 0 Å². The number of methoxy groups -OCH3 is 1. The molecule has 7 nitrogen and oxygen atoms in total. The number of carbonyl (C=O) groups is 1. The first-order chi connectivity index (χ1) is 14.0. The summed E-state index contributed by atoms with van der Waals surface area (Å²) in [5, 5.41) is 13.0. The predicted octanol–water partition coefficient (Wildman–Crippen LogP) is 3.61. The lowest BCUT2D eigenvalue weighted by molar-refractivity contribution is -0.117. The quantitative estimate of drug-likeness (QED) is 0.647. The second kappa shape index (κ2) is 9.45. The number of aryl methyl sites for hydroxylation is 1. The summed E-state index contributed by atoms with van der Waals surface area (Å²) in [6, 6.07) is 12.0. The third-order valence-corrected chi connectivity index (χ3v) is 5.68. The van der Waals surface area contributed by atoms with E-state index in [1.54, 1.807) is 11.8 Å². The highest BCUT2D eigenvalue weighted by molar-refractivity contribution is 5.95. The van der Waals surface area contributed by atoms with Crippen molar-refractivity contribution in [2.24, 2.45) is 7.05 Å². The van der Waals surface area contributed by atoms with E-state index in [0.29, 0.717) is 11.9 Å². The maximum Gasteiger partial charge on any atom is 0.233 e. The molecule has 4 rings (SSSR count). The minimum absolute atomic E-state index is 0. The molecule has 0 saturated carbocycles. The summed E-state index contributed by atoms with van der Waals surface area (Å²) in [6.45, 7) is 3.87. The zero-order valence-corrected chi connectivity index (χ0v) is 18.3. The second-order valence-electron chi connectivity index (χ2n) is 7.62. The topological polar surface area (TPSA) is 81.1 Å². The van der Waals surface area contributed by atoms with Crippen LogP contribution in [-0.4, -0.2) is 40.9 Å². The van der Waals surface area contributed by atoms with E-state index in [1.807, 2.05) is 44.3 Å². The highest BCUT2D eigenvalue weighted by atomic mass is 35.5. The van der Waals surface area contributed by atoms with E-state index < -0.39 is 0 Å². The molecule has 0 spiro atoms. The monoisotopic (exact) mass is 429 g/mol. The number of nitrogens with one attached hydrogen (secondary N) is 2. The molecule has 0 bridgehead atoms. The number of aromatic nitrogens is 3. The fourth-order valence-electron chi connectivity index (χ4n) is 3.77. The SMILES string of the molecule is COc1ccc2cc([C@H](C)C(=O)Nc3nc(C4CCNCC4)nn3C)ccc2c1.Cl. The van der Waals surface area contributed by atoms with Crippen molar-refractivity contribution in [3.8, 4) is 5.75 Å². The van der Waals surface area contributed by atoms with Crippen LogP contribution >= 0.6 is 12.4 Å². The maximum atomic E-state index is 12.9. The van der Waals surface area contributed by atoms with Crippen LogP contribution in [0.15, 0.2) is 36.4 Å². The van der Waals surface area contributed by atoms with Crippen LogP contribution < -0.4 is 15.4 Å². The van der Waals surface area contributed by atoms with Crippen molar-refractivity contribution in [2.75, 3.05) is 25.5 Å². The minimum Gasteiger partial charge on any atom is -0.497 e. The molecule has 0 radical (unpaired) electrons. The van der Waals surface area contributed by atoms with Crippen molar-refractivity contribution < 1.29 is 9.53 Å². The Bertz CT molecular complexity index is 1030. The van der Waals surface area contributed by atoms with Gasteiger partial charge in [0, 0.05) is 13.0 Å². The molecule has 160 valence electrons. The van der Waals surface area contributed by atoms with Crippen LogP contribution in [0.1, 0.15) is 43.0 Å². The van der Waals surface area contributed by atoms with Crippen LogP contribution in [0.25, 0.3) is 10.8 Å². The number of piperidine rings is 1. The van der Waals surface area contributed by atoms with E-state index >= 15 is 0 Å². The molecule has 1 aliphatic heterocycles. The Labute approximate surface area is 182 Å². The van der Waals surface area contributed by atoms with Gasteiger partial charge in [-0.3, -0.25) is 10.1 Å². The molecule has 2 heterocycles. The normalized spacial score (nSPS) is 15.4. The van der Waals surface area contributed by atoms with E-state index in [2.05, 4.69) is 26.8 Å². The lowest BCUT2D eigenvalue weighted by atomic mass is 9.97. The fraction of sp³-hybridized carbons (Fsp3) is 0.409. The molecule has 0 aliphatic carbocycles. The van der Waals surface area contributed by atoms with Crippen LogP contribution in [0.2, 0.25) is 0 Å². The average molecular weight is 430 g/mol. The van der Waals surface area contributed by atoms with Gasteiger partial charge in [-0.1, -0.05) is 24.3 Å². The Morgan fingerprint density at radius 3 is 2.63 bits per heavy atom. The molecular weight excluding hydrogens is 402 g/mol. The molecular formula is C22H28ClN5O2. The lowest BCUT2D eigenvalue weighted by Gasteiger charge is -2.19. The molecule has 1 fully saturated rings. The Morgan fingerprint density at radius 2 is 1.90 bits per heavy atom. The number of amides is 1. The third-order valence-electron chi connectivity index (χ3n) is 5.68. The van der Waals surface area contributed by atoms with Crippen molar-refractivity contribution in [1.29, 1.82) is 0 Å². The number of rotatable bonds is 5. The molecule has 30 heavy (non-hydrogen) atoms. The fourth-order valence-corrected chi connectivity index (χ4v) is 3.77. The maximum absolute atomic E-state index is 12.9. The highest BCUT2D eigenvalue weighted by Gasteiger charge is 2.23. The number of anilines is 1. The number of halogens is 1. The number of nitrogens with zero attached hydrogens (tertiary/aromatic N) is 3. The first-order valence-electron chi connectivity index (χ1n) is 10.1. The summed E-state index contributed by atoms with van der Waals surface area (Å²) in [4.78, 5) is 17.5. The van der Waals surface area contributed by atoms with Gasteiger partial charge in [-0.25, -0.2) is 4.68 Å². The van der Waals surface area contributed by atoms with Gasteiger partial charge in [-0.2, -0.15) is 10.1 Å². The number of benzene rings is 2. The standard InChI is InChI=1S/C22H27N5O2.ClH/c1-14(16-4-5-18-13-19(29-3)7-6-17(18)12-16)21(28)25-22-24-20(26-27(22)2)15-8-10-23-11-9-15;/h4-7,12-15,23H,8-11H2,1-3H3,(H,24,25,26,28);1H/t14-;/m0./s1. The lowest BCUT2D eigenvalue weighted by Crippen LogP contribution is -2.27. The summed E-state index contributed by atoms with van der Waals surface area (Å²) in [7, 11) is 3.48. The molecule has 2 N–H and O–H groups in total. The predicted molar refractivity (Wildman–Crippen MR) is 121 cm³/mol. The zero-order chi connectivity index (χ0) is 20.4. The van der Waals surface area contributed by atoms with Crippen LogP contribution in [0, 0.1) is 0 Å². The van der Waals surface area contributed by atoms with Crippen LogP contribution in [0.3, 0.4) is 0 Å². The molecule has 1 aliphatic rings. The van der Waals surface area contributed by atoms with Gasteiger partial charge in [-0.15, -0.1) is 12.4 Å². The van der Waals surface area contributed by atoms with Crippen LogP contribution in [-0.2, 0) is 11.8 Å². The molecule has 1 amide bonds. The summed E-state index contributed by atoms with van der Waals surface area (Å²) in [6.07, 6.45) is 2.05. The van der Waals surface area contributed by atoms with Crippen molar-refractivity contribution in [2.45, 2.75) is 31.6 Å². The Morgan fingerprint density at radius 1 is 1.20 bits per heavy atom. The number of hydrogen-bond acceptors (Lipinski definition) is 5. The van der Waals surface area contributed by atoms with E-state index in [4.69, 9.17) is 4.74 Å². The van der Waals surface area contributed by atoms with E-state index in [0.717, 1.165) is 53.8 Å². The zero-order valence-electron chi connectivity index (χ0n) is 17.5. The number of hydrogen-bond donors (Lipinski definition) is 2. The summed E-state index contributed by atoms with van der Waals surface area (Å²) >= 11 is 0. The van der Waals surface area contributed by atoms with Crippen molar-refractivity contribution in [1.82, 2.24) is 20.1 Å². The van der Waals surface area contributed by atoms with Crippen LogP contribution in [0.4, 0.5) is 5.95 Å². The van der Waals surface area contributed by atoms with Gasteiger partial charge in [0.25, 0.3) is 0 Å². The van der Waals surface area contributed by atoms with Gasteiger partial charge in [0.2, 0.25) is 11.9 Å². The molecule has 0 unspecified atom stereocenters. The highest BCUT2D eigenvalue weighted by Crippen LogP contribution is 2.27. The first kappa shape index (κ1) is 22.1. The molecule has 2 aromatic carbocycles. The molecule has 1 saturated heterocycles. The second-order valence-corrected chi connectivity index (χ2v) is 7.62. The molecule has 8 heteroatoms. The van der Waals surface area contributed by atoms with E-state index in [1.165, 1.54) is 0 Å². The Kier molecular flexibility index (Phi) is 6.95. The summed E-state index contributed by atoms with van der Waals surface area (Å²) in [5.41, 5.74) is 0.959. The van der Waals surface area contributed by atoms with E-state index in [-0.39, 0.29) is 24.2 Å².